The molecular formula is C8H13ClS. The molecule has 58 valence electrons. The Balaban J connectivity index is 2.04. The third-order valence-electron chi connectivity index (χ3n) is 3.21. The lowest BCUT2D eigenvalue weighted by Gasteiger charge is -2.12. The van der Waals surface area contributed by atoms with Gasteiger partial charge < -0.3 is 0 Å². The van der Waals surface area contributed by atoms with Gasteiger partial charge in [-0.15, -0.1) is 11.6 Å². The highest BCUT2D eigenvalue weighted by Gasteiger charge is 2.58. The van der Waals surface area contributed by atoms with Crippen molar-refractivity contribution >= 4 is 23.4 Å². The van der Waals surface area contributed by atoms with E-state index in [-0.39, 0.29) is 0 Å². The molecule has 3 unspecified atom stereocenters. The van der Waals surface area contributed by atoms with Gasteiger partial charge in [0.25, 0.3) is 0 Å². The second-order valence-electron chi connectivity index (χ2n) is 3.55. The van der Waals surface area contributed by atoms with Crippen molar-refractivity contribution in [3.8, 4) is 0 Å². The zero-order valence-corrected chi connectivity index (χ0v) is 7.84. The molecule has 1 aliphatic heterocycles. The quantitative estimate of drug-likeness (QED) is 0.554. The minimum atomic E-state index is 0.701. The first-order valence-corrected chi connectivity index (χ1v) is 5.55. The van der Waals surface area contributed by atoms with E-state index in [1.54, 1.807) is 0 Å². The molecule has 3 atom stereocenters. The van der Waals surface area contributed by atoms with Crippen LogP contribution in [0.3, 0.4) is 0 Å². The van der Waals surface area contributed by atoms with E-state index in [0.29, 0.717) is 5.41 Å². The van der Waals surface area contributed by atoms with Crippen LogP contribution in [0, 0.1) is 11.3 Å². The molecule has 1 heterocycles. The fraction of sp³-hybridized carbons (Fsp3) is 1.00. The van der Waals surface area contributed by atoms with Gasteiger partial charge in [-0.3, -0.25) is 0 Å². The minimum Gasteiger partial charge on any atom is -0.158 e. The van der Waals surface area contributed by atoms with E-state index in [2.05, 4.69) is 18.7 Å². The third-order valence-corrected chi connectivity index (χ3v) is 4.99. The fourth-order valence-electron chi connectivity index (χ4n) is 2.21. The maximum absolute atomic E-state index is 5.82. The molecule has 2 rings (SSSR count). The number of halogens is 1. The second-order valence-corrected chi connectivity index (χ2v) is 5.31. The first-order chi connectivity index (χ1) is 4.79. The number of rotatable bonds is 1. The van der Waals surface area contributed by atoms with Gasteiger partial charge >= 0.3 is 0 Å². The molecule has 0 nitrogen and oxygen atoms in total. The van der Waals surface area contributed by atoms with Crippen molar-refractivity contribution in [2.45, 2.75) is 25.0 Å². The summed E-state index contributed by atoms with van der Waals surface area (Å²) in [6.45, 7) is 2.37. The predicted octanol–water partition coefficient (Wildman–Crippen LogP) is 2.76. The molecular weight excluding hydrogens is 164 g/mol. The minimum absolute atomic E-state index is 0.701. The lowest BCUT2D eigenvalue weighted by Crippen LogP contribution is -2.11. The summed E-state index contributed by atoms with van der Waals surface area (Å²) < 4.78 is 0. The first-order valence-electron chi connectivity index (χ1n) is 3.97. The number of thioether (sulfide) groups is 1. The first kappa shape index (κ1) is 7.30. The van der Waals surface area contributed by atoms with Crippen molar-refractivity contribution in [2.75, 3.05) is 11.6 Å². The third kappa shape index (κ3) is 0.831. The molecule has 0 radical (unpaired) electrons. The monoisotopic (exact) mass is 176 g/mol. The summed E-state index contributed by atoms with van der Waals surface area (Å²) in [6, 6.07) is 0. The van der Waals surface area contributed by atoms with Crippen LogP contribution in [0.5, 0.6) is 0 Å². The lowest BCUT2D eigenvalue weighted by molar-refractivity contribution is 0.473. The summed E-state index contributed by atoms with van der Waals surface area (Å²) in [5.41, 5.74) is 0.701. The molecule has 0 N–H and O–H groups in total. The van der Waals surface area contributed by atoms with Gasteiger partial charge in [0.2, 0.25) is 0 Å². The molecule has 2 aliphatic rings. The van der Waals surface area contributed by atoms with Crippen LogP contribution < -0.4 is 0 Å². The fourth-order valence-corrected chi connectivity index (χ4v) is 4.21. The van der Waals surface area contributed by atoms with Gasteiger partial charge in [0, 0.05) is 11.1 Å². The summed E-state index contributed by atoms with van der Waals surface area (Å²) in [6.07, 6.45) is 2.83. The lowest BCUT2D eigenvalue weighted by atomic mass is 9.97. The highest BCUT2D eigenvalue weighted by Crippen LogP contribution is 2.64. The maximum Gasteiger partial charge on any atom is 0.0257 e. The van der Waals surface area contributed by atoms with E-state index < -0.39 is 0 Å². The molecule has 0 amide bonds. The van der Waals surface area contributed by atoms with Crippen molar-refractivity contribution in [3.05, 3.63) is 0 Å². The average Bonchev–Trinajstić information content (AvgIpc) is 2.52. The zero-order chi connectivity index (χ0) is 7.19. The summed E-state index contributed by atoms with van der Waals surface area (Å²) in [7, 11) is 0. The molecule has 2 heteroatoms. The molecule has 1 saturated heterocycles. The van der Waals surface area contributed by atoms with Gasteiger partial charge in [-0.2, -0.15) is 11.8 Å². The topological polar surface area (TPSA) is 0 Å². The molecule has 0 aromatic rings. The van der Waals surface area contributed by atoms with E-state index >= 15 is 0 Å². The smallest absolute Gasteiger partial charge is 0.0257 e. The van der Waals surface area contributed by atoms with Gasteiger partial charge in [-0.25, -0.2) is 0 Å². The summed E-state index contributed by atoms with van der Waals surface area (Å²) >= 11 is 7.95. The summed E-state index contributed by atoms with van der Waals surface area (Å²) in [5, 5.41) is 0.885. The Hall–Kier alpha value is 0.640. The molecule has 10 heavy (non-hydrogen) atoms. The van der Waals surface area contributed by atoms with Gasteiger partial charge in [-0.1, -0.05) is 6.92 Å². The van der Waals surface area contributed by atoms with E-state index in [4.69, 9.17) is 11.6 Å². The predicted molar refractivity (Wildman–Crippen MR) is 47.8 cm³/mol. The van der Waals surface area contributed by atoms with Crippen molar-refractivity contribution in [1.82, 2.24) is 0 Å². The molecule has 1 saturated carbocycles. The van der Waals surface area contributed by atoms with Gasteiger partial charge in [0.05, 0.1) is 0 Å². The van der Waals surface area contributed by atoms with Crippen LogP contribution in [-0.4, -0.2) is 16.9 Å². The molecule has 0 aromatic heterocycles. The summed E-state index contributed by atoms with van der Waals surface area (Å²) in [5.74, 6) is 3.12. The Labute approximate surface area is 71.7 Å². The van der Waals surface area contributed by atoms with E-state index in [1.807, 2.05) is 0 Å². The highest BCUT2D eigenvalue weighted by atomic mass is 35.5. The van der Waals surface area contributed by atoms with Gasteiger partial charge in [-0.05, 0) is 29.9 Å². The van der Waals surface area contributed by atoms with Crippen LogP contribution in [0.25, 0.3) is 0 Å². The van der Waals surface area contributed by atoms with Crippen LogP contribution in [0.15, 0.2) is 0 Å². The molecule has 1 aliphatic carbocycles. The zero-order valence-electron chi connectivity index (χ0n) is 6.27. The normalized spacial score (nSPS) is 52.2. The van der Waals surface area contributed by atoms with Crippen molar-refractivity contribution in [3.63, 3.8) is 0 Å². The Bertz CT molecular complexity index is 148. The van der Waals surface area contributed by atoms with Crippen LogP contribution in [-0.2, 0) is 0 Å². The van der Waals surface area contributed by atoms with E-state index in [9.17, 15) is 0 Å². The number of alkyl halides is 1. The average molecular weight is 177 g/mol. The van der Waals surface area contributed by atoms with Crippen LogP contribution >= 0.6 is 23.4 Å². The second kappa shape index (κ2) is 2.31. The van der Waals surface area contributed by atoms with Gasteiger partial charge in [0.1, 0.15) is 0 Å². The molecule has 0 aromatic carbocycles. The van der Waals surface area contributed by atoms with E-state index in [1.165, 1.54) is 18.6 Å². The Kier molecular flexibility index (Phi) is 1.69. The largest absolute Gasteiger partial charge is 0.158 e. The number of hydrogen-bond donors (Lipinski definition) is 0. The van der Waals surface area contributed by atoms with Crippen molar-refractivity contribution < 1.29 is 0 Å². The Morgan fingerprint density at radius 3 is 2.90 bits per heavy atom. The maximum atomic E-state index is 5.82. The van der Waals surface area contributed by atoms with Crippen molar-refractivity contribution in [2.24, 2.45) is 11.3 Å². The Morgan fingerprint density at radius 2 is 2.50 bits per heavy atom. The van der Waals surface area contributed by atoms with Crippen molar-refractivity contribution in [1.29, 1.82) is 0 Å². The SMILES string of the molecule is CC1SCCC12CC2CCl. The van der Waals surface area contributed by atoms with Crippen LogP contribution in [0.4, 0.5) is 0 Å². The van der Waals surface area contributed by atoms with E-state index in [0.717, 1.165) is 17.0 Å². The van der Waals surface area contributed by atoms with Crippen LogP contribution in [0.2, 0.25) is 0 Å². The van der Waals surface area contributed by atoms with Crippen LogP contribution in [0.1, 0.15) is 19.8 Å². The Morgan fingerprint density at radius 1 is 1.70 bits per heavy atom. The highest BCUT2D eigenvalue weighted by molar-refractivity contribution is 8.00. The molecule has 0 bridgehead atoms. The summed E-state index contributed by atoms with van der Waals surface area (Å²) in [4.78, 5) is 0. The molecule has 1 spiro atoms. The molecule has 2 fully saturated rings. The standard InChI is InChI=1S/C8H13ClS/c1-6-8(2-3-10-6)4-7(8)5-9/h6-7H,2-5H2,1H3. The van der Waals surface area contributed by atoms with Gasteiger partial charge in [0.15, 0.2) is 0 Å². The number of hydrogen-bond acceptors (Lipinski definition) is 1.